The van der Waals surface area contributed by atoms with E-state index in [0.29, 0.717) is 11.4 Å². The van der Waals surface area contributed by atoms with Gasteiger partial charge in [0.15, 0.2) is 0 Å². The third-order valence-electron chi connectivity index (χ3n) is 4.75. The molecule has 0 aliphatic rings. The molecule has 35 heavy (non-hydrogen) atoms. The van der Waals surface area contributed by atoms with Crippen molar-refractivity contribution in [1.82, 2.24) is 35.9 Å². The summed E-state index contributed by atoms with van der Waals surface area (Å²) in [6, 6.07) is -5.33. The summed E-state index contributed by atoms with van der Waals surface area (Å²) in [6.07, 6.45) is 4.89. The first-order chi connectivity index (χ1) is 16.6. The van der Waals surface area contributed by atoms with Crippen molar-refractivity contribution >= 4 is 42.3 Å². The van der Waals surface area contributed by atoms with E-state index in [-0.39, 0.29) is 18.6 Å². The van der Waals surface area contributed by atoms with Crippen molar-refractivity contribution in [3.63, 3.8) is 0 Å². The van der Waals surface area contributed by atoms with Gasteiger partial charge in [0.25, 0.3) is 0 Å². The van der Waals surface area contributed by atoms with Gasteiger partial charge in [-0.3, -0.25) is 19.2 Å². The van der Waals surface area contributed by atoms with Gasteiger partial charge in [-0.25, -0.2) is 14.8 Å². The first kappa shape index (κ1) is 27.3. The van der Waals surface area contributed by atoms with Crippen LogP contribution in [-0.2, 0) is 36.8 Å². The zero-order valence-electron chi connectivity index (χ0n) is 18.3. The molecular weight excluding hydrogens is 484 g/mol. The molecule has 4 atom stereocenters. The minimum atomic E-state index is -1.62. The Bertz CT molecular complexity index is 1010. The standard InChI is InChI=1S/C19H26N8O7S/c20-11(1-9-4-21-7-23-9)16(30)25-12(2-10-5-22-8-24-10)17(31)26-13(3-15(28)29)18(32)27-14(6-35)19(33)34/h4-5,7-8,11-14,35H,1-3,6,20H2,(H,21,23)(H,22,24)(H,25,30)(H,26,31)(H,27,32)(H,28,29)(H,33,34). The molecule has 2 aromatic rings. The topological polar surface area (TPSA) is 245 Å². The zero-order chi connectivity index (χ0) is 26.0. The Hall–Kier alpha value is -3.92. The lowest BCUT2D eigenvalue weighted by molar-refractivity contribution is -0.143. The number of H-pyrrole nitrogens is 2. The zero-order valence-corrected chi connectivity index (χ0v) is 19.2. The fourth-order valence-electron chi connectivity index (χ4n) is 2.94. The van der Waals surface area contributed by atoms with Crippen LogP contribution >= 0.6 is 12.6 Å². The number of carbonyl (C=O) groups is 5. The molecule has 0 aromatic carbocycles. The van der Waals surface area contributed by atoms with Crippen LogP contribution in [0.3, 0.4) is 0 Å². The van der Waals surface area contributed by atoms with Gasteiger partial charge < -0.3 is 41.9 Å². The highest BCUT2D eigenvalue weighted by molar-refractivity contribution is 7.80. The van der Waals surface area contributed by atoms with E-state index in [1.165, 1.54) is 25.0 Å². The van der Waals surface area contributed by atoms with Gasteiger partial charge in [-0.1, -0.05) is 0 Å². The average Bonchev–Trinajstić information content (AvgIpc) is 3.50. The largest absolute Gasteiger partial charge is 0.481 e. The predicted octanol–water partition coefficient (Wildman–Crippen LogP) is -2.81. The van der Waals surface area contributed by atoms with Crippen molar-refractivity contribution in [2.75, 3.05) is 5.75 Å². The fraction of sp³-hybridized carbons (Fsp3) is 0.421. The number of aliphatic carboxylic acids is 2. The number of aromatic nitrogens is 4. The number of carboxylic acids is 2. The molecule has 0 saturated heterocycles. The molecule has 0 spiro atoms. The summed E-state index contributed by atoms with van der Waals surface area (Å²) in [7, 11) is 0. The number of thiol groups is 1. The van der Waals surface area contributed by atoms with Gasteiger partial charge in [-0.05, 0) is 0 Å². The van der Waals surface area contributed by atoms with Gasteiger partial charge in [0.2, 0.25) is 17.7 Å². The Labute approximate surface area is 204 Å². The Balaban J connectivity index is 2.15. The first-order valence-corrected chi connectivity index (χ1v) is 10.9. The third-order valence-corrected chi connectivity index (χ3v) is 5.12. The molecule has 0 fully saturated rings. The van der Waals surface area contributed by atoms with Crippen LogP contribution in [0.5, 0.6) is 0 Å². The number of hydrogen-bond acceptors (Lipinski definition) is 9. The molecule has 190 valence electrons. The number of nitrogens with one attached hydrogen (secondary N) is 5. The number of amides is 3. The van der Waals surface area contributed by atoms with Crippen LogP contribution in [0.2, 0.25) is 0 Å². The number of rotatable bonds is 14. The summed E-state index contributed by atoms with van der Waals surface area (Å²) in [5.74, 6) is -5.67. The van der Waals surface area contributed by atoms with Crippen molar-refractivity contribution in [2.45, 2.75) is 43.4 Å². The van der Waals surface area contributed by atoms with Crippen LogP contribution in [-0.4, -0.2) is 89.7 Å². The van der Waals surface area contributed by atoms with E-state index in [4.69, 9.17) is 15.9 Å². The lowest BCUT2D eigenvalue weighted by Crippen LogP contribution is -2.58. The highest BCUT2D eigenvalue weighted by Gasteiger charge is 2.31. The highest BCUT2D eigenvalue weighted by atomic mass is 32.1. The Morgan fingerprint density at radius 2 is 1.37 bits per heavy atom. The average molecular weight is 511 g/mol. The Morgan fingerprint density at radius 3 is 1.86 bits per heavy atom. The second kappa shape index (κ2) is 13.1. The maximum absolute atomic E-state index is 13.0. The molecule has 0 bridgehead atoms. The number of nitrogens with two attached hydrogens (primary N) is 1. The number of nitrogens with zero attached hydrogens (tertiary/aromatic N) is 2. The number of carbonyl (C=O) groups excluding carboxylic acids is 3. The van der Waals surface area contributed by atoms with Crippen LogP contribution in [0.15, 0.2) is 25.0 Å². The van der Waals surface area contributed by atoms with Gasteiger partial charge >= 0.3 is 11.9 Å². The summed E-state index contributed by atoms with van der Waals surface area (Å²) in [5.41, 5.74) is 6.99. The smallest absolute Gasteiger partial charge is 0.327 e. The van der Waals surface area contributed by atoms with Crippen LogP contribution in [0, 0.1) is 0 Å². The second-order valence-electron chi connectivity index (χ2n) is 7.47. The number of hydrogen-bond donors (Lipinski definition) is 9. The molecule has 0 aliphatic heterocycles. The predicted molar refractivity (Wildman–Crippen MR) is 122 cm³/mol. The molecule has 0 radical (unpaired) electrons. The normalized spacial score (nSPS) is 14.2. The minimum Gasteiger partial charge on any atom is -0.481 e. The van der Waals surface area contributed by atoms with Gasteiger partial charge in [0, 0.05) is 42.4 Å². The SMILES string of the molecule is NC(Cc1cnc[nH]1)C(=O)NC(Cc1cnc[nH]1)C(=O)NC(CC(=O)O)C(=O)NC(CS)C(=O)O. The second-order valence-corrected chi connectivity index (χ2v) is 7.84. The van der Waals surface area contributed by atoms with E-state index in [9.17, 15) is 24.0 Å². The third kappa shape index (κ3) is 8.74. The molecule has 3 amide bonds. The summed E-state index contributed by atoms with van der Waals surface area (Å²) in [6.45, 7) is 0. The van der Waals surface area contributed by atoms with Crippen LogP contribution in [0.1, 0.15) is 17.8 Å². The van der Waals surface area contributed by atoms with Crippen LogP contribution in [0.25, 0.3) is 0 Å². The summed E-state index contributed by atoms with van der Waals surface area (Å²) < 4.78 is 0. The van der Waals surface area contributed by atoms with E-state index in [1.807, 2.05) is 0 Å². The molecule has 2 rings (SSSR count). The van der Waals surface area contributed by atoms with Crippen molar-refractivity contribution in [3.05, 3.63) is 36.4 Å². The van der Waals surface area contributed by atoms with E-state index in [1.54, 1.807) is 0 Å². The molecule has 0 aliphatic carbocycles. The first-order valence-electron chi connectivity index (χ1n) is 10.3. The Kier molecular flexibility index (Phi) is 10.2. The maximum atomic E-state index is 13.0. The maximum Gasteiger partial charge on any atom is 0.327 e. The monoisotopic (exact) mass is 510 g/mol. The number of carboxylic acid groups (broad SMARTS) is 2. The molecule has 16 heteroatoms. The molecule has 0 saturated carbocycles. The fourth-order valence-corrected chi connectivity index (χ4v) is 3.19. The lowest BCUT2D eigenvalue weighted by Gasteiger charge is -2.24. The van der Waals surface area contributed by atoms with E-state index >= 15 is 0 Å². The van der Waals surface area contributed by atoms with Gasteiger partial charge in [0.05, 0.1) is 25.1 Å². The molecular formula is C19H26N8O7S. The Morgan fingerprint density at radius 1 is 0.857 bits per heavy atom. The summed E-state index contributed by atoms with van der Waals surface area (Å²) in [4.78, 5) is 73.9. The quantitative estimate of drug-likeness (QED) is 0.118. The number of imidazole rings is 2. The lowest BCUT2D eigenvalue weighted by atomic mass is 10.1. The van der Waals surface area contributed by atoms with E-state index in [2.05, 4.69) is 48.5 Å². The van der Waals surface area contributed by atoms with Crippen molar-refractivity contribution < 1.29 is 34.2 Å². The van der Waals surface area contributed by atoms with Gasteiger partial charge in [0.1, 0.15) is 18.1 Å². The van der Waals surface area contributed by atoms with Crippen molar-refractivity contribution in [1.29, 1.82) is 0 Å². The van der Waals surface area contributed by atoms with Crippen LogP contribution < -0.4 is 21.7 Å². The molecule has 4 unspecified atom stereocenters. The van der Waals surface area contributed by atoms with Crippen LogP contribution in [0.4, 0.5) is 0 Å². The van der Waals surface area contributed by atoms with E-state index < -0.39 is 60.2 Å². The summed E-state index contributed by atoms with van der Waals surface area (Å²) in [5, 5.41) is 25.1. The van der Waals surface area contributed by atoms with Crippen molar-refractivity contribution in [3.8, 4) is 0 Å². The minimum absolute atomic E-state index is 0.0792. The molecule has 9 N–H and O–H groups in total. The highest BCUT2D eigenvalue weighted by Crippen LogP contribution is 2.04. The number of aromatic amines is 2. The molecule has 15 nitrogen and oxygen atoms in total. The van der Waals surface area contributed by atoms with Crippen molar-refractivity contribution in [2.24, 2.45) is 5.73 Å². The van der Waals surface area contributed by atoms with Gasteiger partial charge in [-0.2, -0.15) is 12.6 Å². The molecule has 2 aromatic heterocycles. The van der Waals surface area contributed by atoms with E-state index in [0.717, 1.165) is 0 Å². The van der Waals surface area contributed by atoms with Gasteiger partial charge in [-0.15, -0.1) is 0 Å². The summed E-state index contributed by atoms with van der Waals surface area (Å²) >= 11 is 3.83. The molecule has 2 heterocycles.